The Kier molecular flexibility index (Phi) is 7.68. The predicted octanol–water partition coefficient (Wildman–Crippen LogP) is 6.27. The Morgan fingerprint density at radius 1 is 1.06 bits per heavy atom. The third kappa shape index (κ3) is 5.99. The molecule has 4 rings (SSSR count). The van der Waals surface area contributed by atoms with Gasteiger partial charge in [0.2, 0.25) is 0 Å². The fourth-order valence-corrected chi connectivity index (χ4v) is 4.37. The molecule has 0 amide bonds. The molecular weight excluding hydrogens is 506 g/mol. The van der Waals surface area contributed by atoms with E-state index in [2.05, 4.69) is 51.9 Å². The number of carboxylic acid groups (broad SMARTS) is 1. The molecule has 0 aliphatic carbocycles. The summed E-state index contributed by atoms with van der Waals surface area (Å²) in [4.78, 5) is 21.3. The van der Waals surface area contributed by atoms with Crippen LogP contribution in [0.4, 0.5) is 5.69 Å². The number of aliphatic imine (C=N–C) groups is 1. The standard InChI is InChI=1S/C28H28BrN3O3/c1-3-32(2)17-19-7-11-22(12-8-19)30-27(20-6-4-5-18(15-20)9-14-25(33)34)26-23-13-10-21(29)16-24(23)31-28(26)35/h4-8,10-13,15-16,31,35H,3,9,14,17H2,1-2H3,(H,33,34). The third-order valence-corrected chi connectivity index (χ3v) is 6.47. The molecule has 0 unspecified atom stereocenters. The number of hydrogen-bond acceptors (Lipinski definition) is 4. The second-order valence-corrected chi connectivity index (χ2v) is 9.51. The van der Waals surface area contributed by atoms with Crippen LogP contribution in [0.5, 0.6) is 5.88 Å². The molecule has 1 heterocycles. The molecule has 0 spiro atoms. The van der Waals surface area contributed by atoms with Gasteiger partial charge in [0.15, 0.2) is 5.88 Å². The number of aryl methyl sites for hydroxylation is 1. The molecule has 0 saturated carbocycles. The number of aliphatic carboxylic acids is 1. The van der Waals surface area contributed by atoms with Gasteiger partial charge in [0.25, 0.3) is 0 Å². The molecule has 7 heteroatoms. The highest BCUT2D eigenvalue weighted by molar-refractivity contribution is 9.10. The van der Waals surface area contributed by atoms with Gasteiger partial charge >= 0.3 is 5.97 Å². The van der Waals surface area contributed by atoms with Crippen molar-refractivity contribution in [3.63, 3.8) is 0 Å². The number of aromatic amines is 1. The molecule has 0 aliphatic heterocycles. The minimum absolute atomic E-state index is 0.0361. The smallest absolute Gasteiger partial charge is 0.303 e. The average Bonchev–Trinajstić information content (AvgIpc) is 3.16. The first-order valence-corrected chi connectivity index (χ1v) is 12.3. The number of carboxylic acids is 1. The number of rotatable bonds is 9. The number of H-pyrrole nitrogens is 1. The number of fused-ring (bicyclic) bond motifs is 1. The summed E-state index contributed by atoms with van der Waals surface area (Å²) < 4.78 is 0.902. The summed E-state index contributed by atoms with van der Waals surface area (Å²) in [6.07, 6.45) is 0.471. The summed E-state index contributed by atoms with van der Waals surface area (Å²) in [5.41, 5.74) is 5.69. The quantitative estimate of drug-likeness (QED) is 0.221. The molecule has 3 aromatic carbocycles. The number of halogens is 1. The maximum absolute atomic E-state index is 11.1. The highest BCUT2D eigenvalue weighted by atomic mass is 79.9. The first kappa shape index (κ1) is 24.7. The fourth-order valence-electron chi connectivity index (χ4n) is 4.01. The summed E-state index contributed by atoms with van der Waals surface area (Å²) in [6.45, 7) is 3.96. The van der Waals surface area contributed by atoms with Crippen molar-refractivity contribution in [1.29, 1.82) is 0 Å². The van der Waals surface area contributed by atoms with Gasteiger partial charge in [-0.2, -0.15) is 0 Å². The zero-order valence-corrected chi connectivity index (χ0v) is 21.3. The molecule has 0 radical (unpaired) electrons. The van der Waals surface area contributed by atoms with Crippen LogP contribution >= 0.6 is 15.9 Å². The van der Waals surface area contributed by atoms with Crippen LogP contribution in [0.1, 0.15) is 35.6 Å². The van der Waals surface area contributed by atoms with E-state index in [4.69, 9.17) is 10.1 Å². The van der Waals surface area contributed by atoms with E-state index in [0.717, 1.165) is 45.3 Å². The number of nitrogens with zero attached hydrogens (tertiary/aromatic N) is 2. The monoisotopic (exact) mass is 533 g/mol. The van der Waals surface area contributed by atoms with E-state index < -0.39 is 5.97 Å². The molecule has 35 heavy (non-hydrogen) atoms. The third-order valence-electron chi connectivity index (χ3n) is 5.98. The molecule has 180 valence electrons. The number of benzene rings is 3. The highest BCUT2D eigenvalue weighted by Gasteiger charge is 2.19. The van der Waals surface area contributed by atoms with Crippen molar-refractivity contribution in [2.45, 2.75) is 26.3 Å². The van der Waals surface area contributed by atoms with Crippen LogP contribution in [0.15, 0.2) is 76.2 Å². The Balaban J connectivity index is 1.82. The van der Waals surface area contributed by atoms with Crippen molar-refractivity contribution in [3.05, 3.63) is 93.5 Å². The van der Waals surface area contributed by atoms with Crippen molar-refractivity contribution in [2.75, 3.05) is 13.6 Å². The summed E-state index contributed by atoms with van der Waals surface area (Å²) in [5.74, 6) is -0.799. The van der Waals surface area contributed by atoms with Crippen molar-refractivity contribution in [2.24, 2.45) is 4.99 Å². The van der Waals surface area contributed by atoms with E-state index in [1.54, 1.807) is 0 Å². The Labute approximate surface area is 213 Å². The molecule has 1 aromatic heterocycles. The first-order valence-electron chi connectivity index (χ1n) is 11.5. The van der Waals surface area contributed by atoms with Crippen molar-refractivity contribution < 1.29 is 15.0 Å². The van der Waals surface area contributed by atoms with Gasteiger partial charge in [-0.05, 0) is 61.5 Å². The van der Waals surface area contributed by atoms with Gasteiger partial charge in [0, 0.05) is 28.4 Å². The van der Waals surface area contributed by atoms with Crippen molar-refractivity contribution in [3.8, 4) is 5.88 Å². The summed E-state index contributed by atoms with van der Waals surface area (Å²) in [5, 5.41) is 20.9. The predicted molar refractivity (Wildman–Crippen MR) is 144 cm³/mol. The number of nitrogens with one attached hydrogen (secondary N) is 1. The second kappa shape index (κ2) is 10.9. The van der Waals surface area contributed by atoms with Crippen LogP contribution in [0, 0.1) is 0 Å². The lowest BCUT2D eigenvalue weighted by Gasteiger charge is -2.14. The Morgan fingerprint density at radius 3 is 2.54 bits per heavy atom. The van der Waals surface area contributed by atoms with Gasteiger partial charge in [-0.25, -0.2) is 4.99 Å². The molecule has 4 aromatic rings. The highest BCUT2D eigenvalue weighted by Crippen LogP contribution is 2.33. The summed E-state index contributed by atoms with van der Waals surface area (Å²) >= 11 is 3.49. The van der Waals surface area contributed by atoms with Gasteiger partial charge in [-0.1, -0.05) is 59.3 Å². The van der Waals surface area contributed by atoms with Crippen LogP contribution in [-0.2, 0) is 17.8 Å². The summed E-state index contributed by atoms with van der Waals surface area (Å²) in [6, 6.07) is 21.6. The largest absolute Gasteiger partial charge is 0.494 e. The van der Waals surface area contributed by atoms with Crippen LogP contribution in [0.2, 0.25) is 0 Å². The molecule has 0 aliphatic rings. The maximum Gasteiger partial charge on any atom is 0.303 e. The molecule has 0 fully saturated rings. The van der Waals surface area contributed by atoms with Crippen molar-refractivity contribution in [1.82, 2.24) is 9.88 Å². The van der Waals surface area contributed by atoms with Gasteiger partial charge < -0.3 is 20.1 Å². The zero-order chi connectivity index (χ0) is 24.9. The second-order valence-electron chi connectivity index (χ2n) is 8.59. The topological polar surface area (TPSA) is 88.9 Å². The van der Waals surface area contributed by atoms with E-state index in [1.807, 2.05) is 54.6 Å². The molecular formula is C28H28BrN3O3. The van der Waals surface area contributed by atoms with E-state index in [9.17, 15) is 9.90 Å². The van der Waals surface area contributed by atoms with Crippen LogP contribution < -0.4 is 0 Å². The number of aromatic hydroxyl groups is 1. The maximum atomic E-state index is 11.1. The number of hydrogen-bond donors (Lipinski definition) is 3. The SMILES string of the molecule is CCN(C)Cc1ccc(N=C(c2cccc(CCC(=O)O)c2)c2c(O)[nH]c3cc(Br)ccc23)cc1. The van der Waals surface area contributed by atoms with Gasteiger partial charge in [0.05, 0.1) is 22.5 Å². The lowest BCUT2D eigenvalue weighted by molar-refractivity contribution is -0.136. The minimum atomic E-state index is -0.835. The lowest BCUT2D eigenvalue weighted by atomic mass is 9.97. The van der Waals surface area contributed by atoms with E-state index in [0.29, 0.717) is 17.7 Å². The van der Waals surface area contributed by atoms with Crippen LogP contribution in [0.25, 0.3) is 10.9 Å². The summed E-state index contributed by atoms with van der Waals surface area (Å²) in [7, 11) is 2.08. The Morgan fingerprint density at radius 2 is 1.83 bits per heavy atom. The molecule has 3 N–H and O–H groups in total. The Hall–Kier alpha value is -3.42. The molecule has 0 saturated heterocycles. The van der Waals surface area contributed by atoms with Gasteiger partial charge in [-0.15, -0.1) is 0 Å². The molecule has 0 atom stereocenters. The average molecular weight is 534 g/mol. The van der Waals surface area contributed by atoms with Crippen LogP contribution in [-0.4, -0.2) is 45.4 Å². The molecule has 0 bridgehead atoms. The van der Waals surface area contributed by atoms with E-state index in [-0.39, 0.29) is 12.3 Å². The molecule has 6 nitrogen and oxygen atoms in total. The van der Waals surface area contributed by atoms with E-state index in [1.165, 1.54) is 5.56 Å². The number of aromatic nitrogens is 1. The fraction of sp³-hybridized carbons (Fsp3) is 0.214. The van der Waals surface area contributed by atoms with Gasteiger partial charge in [0.1, 0.15) is 0 Å². The first-order chi connectivity index (χ1) is 16.8. The van der Waals surface area contributed by atoms with Crippen LogP contribution in [0.3, 0.4) is 0 Å². The minimum Gasteiger partial charge on any atom is -0.494 e. The van der Waals surface area contributed by atoms with Crippen molar-refractivity contribution >= 4 is 44.2 Å². The Bertz CT molecular complexity index is 1380. The normalized spacial score (nSPS) is 11.9. The van der Waals surface area contributed by atoms with Gasteiger partial charge in [-0.3, -0.25) is 4.79 Å². The van der Waals surface area contributed by atoms with E-state index >= 15 is 0 Å². The number of carbonyl (C=O) groups is 1. The lowest BCUT2D eigenvalue weighted by Crippen LogP contribution is -2.16. The zero-order valence-electron chi connectivity index (χ0n) is 19.8.